The molecule has 0 fully saturated rings. The highest BCUT2D eigenvalue weighted by Crippen LogP contribution is 2.39. The average Bonchev–Trinajstić information content (AvgIpc) is 2.90. The van der Waals surface area contributed by atoms with Crippen molar-refractivity contribution in [2.75, 3.05) is 0 Å². The molecule has 3 nitrogen and oxygen atoms in total. The summed E-state index contributed by atoms with van der Waals surface area (Å²) < 4.78 is 1.16. The van der Waals surface area contributed by atoms with Crippen LogP contribution in [0.25, 0.3) is 11.0 Å². The molecule has 0 radical (unpaired) electrons. The van der Waals surface area contributed by atoms with Gasteiger partial charge < -0.3 is 9.97 Å². The number of thiophene rings is 1. The standard InChI is InChI=1S/C13H10Br2N2OS/c1-6-4-10(19-12(6)15)11(14)7-2-3-8-9(5-7)17-13(18)16-8/h2-5,11H,1H3,(H2,16,17,18). The first-order chi connectivity index (χ1) is 9.04. The monoisotopic (exact) mass is 400 g/mol. The predicted molar refractivity (Wildman–Crippen MR) is 86.4 cm³/mol. The van der Waals surface area contributed by atoms with E-state index in [1.54, 1.807) is 11.3 Å². The number of halogens is 2. The highest BCUT2D eigenvalue weighted by Gasteiger charge is 2.15. The molecule has 0 bridgehead atoms. The number of aryl methyl sites for hydroxylation is 1. The van der Waals surface area contributed by atoms with Crippen LogP contribution < -0.4 is 5.69 Å². The van der Waals surface area contributed by atoms with Crippen molar-refractivity contribution in [2.24, 2.45) is 0 Å². The topological polar surface area (TPSA) is 48.6 Å². The number of imidazole rings is 1. The summed E-state index contributed by atoms with van der Waals surface area (Å²) in [6, 6.07) is 8.11. The minimum absolute atomic E-state index is 0.130. The van der Waals surface area contributed by atoms with Crippen molar-refractivity contribution in [1.29, 1.82) is 0 Å². The van der Waals surface area contributed by atoms with E-state index in [1.165, 1.54) is 10.4 Å². The number of alkyl halides is 1. The van der Waals surface area contributed by atoms with E-state index in [9.17, 15) is 4.79 Å². The Morgan fingerprint density at radius 1 is 1.21 bits per heavy atom. The molecule has 3 aromatic rings. The zero-order chi connectivity index (χ0) is 13.6. The number of aromatic amines is 2. The van der Waals surface area contributed by atoms with Gasteiger partial charge in [0.2, 0.25) is 0 Å². The molecule has 6 heteroatoms. The quantitative estimate of drug-likeness (QED) is 0.611. The van der Waals surface area contributed by atoms with Gasteiger partial charge in [-0.1, -0.05) is 22.0 Å². The molecule has 19 heavy (non-hydrogen) atoms. The van der Waals surface area contributed by atoms with Gasteiger partial charge in [0.1, 0.15) is 0 Å². The maximum absolute atomic E-state index is 11.3. The Hall–Kier alpha value is -0.850. The molecule has 98 valence electrons. The molecule has 0 amide bonds. The first kappa shape index (κ1) is 13.1. The third-order valence-corrected chi connectivity index (χ3v) is 6.49. The Morgan fingerprint density at radius 3 is 2.63 bits per heavy atom. The van der Waals surface area contributed by atoms with Gasteiger partial charge in [-0.2, -0.15) is 0 Å². The summed E-state index contributed by atoms with van der Waals surface area (Å²) in [5.74, 6) is 0. The second-order valence-electron chi connectivity index (χ2n) is 4.35. The zero-order valence-electron chi connectivity index (χ0n) is 9.96. The second kappa shape index (κ2) is 4.92. The highest BCUT2D eigenvalue weighted by atomic mass is 79.9. The van der Waals surface area contributed by atoms with Gasteiger partial charge in [-0.05, 0) is 52.2 Å². The van der Waals surface area contributed by atoms with Gasteiger partial charge in [-0.3, -0.25) is 0 Å². The molecule has 2 N–H and O–H groups in total. The largest absolute Gasteiger partial charge is 0.323 e. The molecule has 2 heterocycles. The number of hydrogen-bond acceptors (Lipinski definition) is 2. The fraction of sp³-hybridized carbons (Fsp3) is 0.154. The van der Waals surface area contributed by atoms with Crippen molar-refractivity contribution < 1.29 is 0 Å². The Bertz CT molecular complexity index is 783. The molecule has 1 atom stereocenters. The third-order valence-electron chi connectivity index (χ3n) is 2.96. The third kappa shape index (κ3) is 2.44. The molecule has 1 unspecified atom stereocenters. The zero-order valence-corrected chi connectivity index (χ0v) is 13.9. The predicted octanol–water partition coefficient (Wildman–Crippen LogP) is 4.47. The maximum Gasteiger partial charge on any atom is 0.323 e. The number of nitrogens with one attached hydrogen (secondary N) is 2. The summed E-state index contributed by atoms with van der Waals surface area (Å²) in [7, 11) is 0. The first-order valence-electron chi connectivity index (χ1n) is 5.66. The van der Waals surface area contributed by atoms with Gasteiger partial charge in [0.15, 0.2) is 0 Å². The van der Waals surface area contributed by atoms with E-state index in [2.05, 4.69) is 54.8 Å². The van der Waals surface area contributed by atoms with Crippen LogP contribution in [-0.2, 0) is 0 Å². The number of aromatic nitrogens is 2. The lowest BCUT2D eigenvalue weighted by atomic mass is 10.1. The SMILES string of the molecule is Cc1cc(C(Br)c2ccc3[nH]c(=O)[nH]c3c2)sc1Br. The Morgan fingerprint density at radius 2 is 1.95 bits per heavy atom. The Balaban J connectivity index is 2.05. The van der Waals surface area contributed by atoms with Gasteiger partial charge in [0.25, 0.3) is 0 Å². The number of H-pyrrole nitrogens is 2. The van der Waals surface area contributed by atoms with Crippen LogP contribution in [0, 0.1) is 6.92 Å². The highest BCUT2D eigenvalue weighted by molar-refractivity contribution is 9.11. The average molecular weight is 402 g/mol. The molecule has 0 aliphatic heterocycles. The van der Waals surface area contributed by atoms with E-state index < -0.39 is 0 Å². The minimum Gasteiger partial charge on any atom is -0.306 e. The number of benzene rings is 1. The summed E-state index contributed by atoms with van der Waals surface area (Å²) in [4.78, 5) is 18.2. The van der Waals surface area contributed by atoms with E-state index in [-0.39, 0.29) is 10.5 Å². The fourth-order valence-corrected chi connectivity index (χ4v) is 4.26. The Kier molecular flexibility index (Phi) is 3.41. The molecular formula is C13H10Br2N2OS. The van der Waals surface area contributed by atoms with Gasteiger partial charge in [0.05, 0.1) is 19.6 Å². The summed E-state index contributed by atoms with van der Waals surface area (Å²) in [6.07, 6.45) is 0. The minimum atomic E-state index is -0.173. The van der Waals surface area contributed by atoms with Gasteiger partial charge in [0, 0.05) is 4.88 Å². The second-order valence-corrected chi connectivity index (χ2v) is 7.67. The van der Waals surface area contributed by atoms with E-state index >= 15 is 0 Å². The van der Waals surface area contributed by atoms with Crippen LogP contribution in [0.15, 0.2) is 32.8 Å². The molecule has 0 saturated heterocycles. The molecule has 3 rings (SSSR count). The van der Waals surface area contributed by atoms with E-state index in [1.807, 2.05) is 18.2 Å². The van der Waals surface area contributed by atoms with E-state index in [0.717, 1.165) is 20.4 Å². The number of fused-ring (bicyclic) bond motifs is 1. The van der Waals surface area contributed by atoms with Crippen LogP contribution in [0.1, 0.15) is 20.8 Å². The van der Waals surface area contributed by atoms with Crippen molar-refractivity contribution >= 4 is 54.2 Å². The van der Waals surface area contributed by atoms with Crippen molar-refractivity contribution in [3.8, 4) is 0 Å². The van der Waals surface area contributed by atoms with Crippen LogP contribution in [0.4, 0.5) is 0 Å². The van der Waals surface area contributed by atoms with Gasteiger partial charge >= 0.3 is 5.69 Å². The molecule has 2 aromatic heterocycles. The van der Waals surface area contributed by atoms with Crippen molar-refractivity contribution in [3.05, 3.63) is 54.5 Å². The summed E-state index contributed by atoms with van der Waals surface area (Å²) in [5.41, 5.74) is 3.85. The van der Waals surface area contributed by atoms with E-state index in [0.29, 0.717) is 0 Å². The molecule has 0 saturated carbocycles. The summed E-state index contributed by atoms with van der Waals surface area (Å²) in [6.45, 7) is 2.08. The normalized spacial score (nSPS) is 13.0. The first-order valence-corrected chi connectivity index (χ1v) is 8.19. The van der Waals surface area contributed by atoms with Crippen molar-refractivity contribution in [2.45, 2.75) is 11.8 Å². The van der Waals surface area contributed by atoms with Crippen LogP contribution in [-0.4, -0.2) is 9.97 Å². The van der Waals surface area contributed by atoms with Gasteiger partial charge in [-0.15, -0.1) is 11.3 Å². The van der Waals surface area contributed by atoms with Crippen molar-refractivity contribution in [3.63, 3.8) is 0 Å². The molecule has 0 spiro atoms. The number of rotatable bonds is 2. The van der Waals surface area contributed by atoms with E-state index in [4.69, 9.17) is 0 Å². The maximum atomic E-state index is 11.3. The molecule has 0 aliphatic rings. The summed E-state index contributed by atoms with van der Waals surface area (Å²) in [5, 5.41) is 0. The smallest absolute Gasteiger partial charge is 0.306 e. The van der Waals surface area contributed by atoms with Gasteiger partial charge in [-0.25, -0.2) is 4.79 Å². The van der Waals surface area contributed by atoms with Crippen LogP contribution in [0.2, 0.25) is 0 Å². The summed E-state index contributed by atoms with van der Waals surface area (Å²) >= 11 is 8.98. The van der Waals surface area contributed by atoms with Crippen molar-refractivity contribution in [1.82, 2.24) is 9.97 Å². The van der Waals surface area contributed by atoms with Crippen LogP contribution in [0.5, 0.6) is 0 Å². The molecular weight excluding hydrogens is 392 g/mol. The van der Waals surface area contributed by atoms with Crippen LogP contribution in [0.3, 0.4) is 0 Å². The van der Waals surface area contributed by atoms with Crippen LogP contribution >= 0.6 is 43.2 Å². The lowest BCUT2D eigenvalue weighted by Gasteiger charge is -2.07. The fourth-order valence-electron chi connectivity index (χ4n) is 1.98. The molecule has 1 aromatic carbocycles. The Labute approximate surface area is 130 Å². The lowest BCUT2D eigenvalue weighted by Crippen LogP contribution is -1.99. The number of hydrogen-bond donors (Lipinski definition) is 2. The molecule has 0 aliphatic carbocycles. The lowest BCUT2D eigenvalue weighted by molar-refractivity contribution is 1.21.